The fourth-order valence-corrected chi connectivity index (χ4v) is 3.27. The smallest absolute Gasteiger partial charge is 0.125 e. The summed E-state index contributed by atoms with van der Waals surface area (Å²) in [6.07, 6.45) is 4.01. The number of ether oxygens (including phenoxy) is 1. The van der Waals surface area contributed by atoms with Crippen LogP contribution >= 0.6 is 0 Å². The second-order valence-corrected chi connectivity index (χ2v) is 6.89. The monoisotopic (exact) mass is 262 g/mol. The normalized spacial score (nSPS) is 26.4. The van der Waals surface area contributed by atoms with Gasteiger partial charge in [-0.2, -0.15) is 0 Å². The first-order chi connectivity index (χ1) is 8.82. The van der Waals surface area contributed by atoms with Crippen molar-refractivity contribution >= 4 is 0 Å². The van der Waals surface area contributed by atoms with E-state index in [0.29, 0.717) is 0 Å². The maximum atomic E-state index is 11.1. The first kappa shape index (κ1) is 14.4. The van der Waals surface area contributed by atoms with Gasteiger partial charge in [-0.25, -0.2) is 0 Å². The maximum Gasteiger partial charge on any atom is 0.125 e. The molecule has 1 aromatic rings. The van der Waals surface area contributed by atoms with Crippen molar-refractivity contribution in [2.75, 3.05) is 0 Å². The Morgan fingerprint density at radius 2 is 1.84 bits per heavy atom. The molecule has 0 bridgehead atoms. The van der Waals surface area contributed by atoms with Gasteiger partial charge in [0, 0.05) is 5.56 Å². The van der Waals surface area contributed by atoms with E-state index in [9.17, 15) is 5.11 Å². The molecule has 1 unspecified atom stereocenters. The van der Waals surface area contributed by atoms with E-state index < -0.39 is 5.60 Å². The second kappa shape index (κ2) is 5.16. The summed E-state index contributed by atoms with van der Waals surface area (Å²) in [7, 11) is 0. The van der Waals surface area contributed by atoms with Crippen molar-refractivity contribution in [2.45, 2.75) is 65.1 Å². The van der Waals surface area contributed by atoms with E-state index in [2.05, 4.69) is 13.8 Å². The first-order valence-corrected chi connectivity index (χ1v) is 7.31. The average molecular weight is 262 g/mol. The summed E-state index contributed by atoms with van der Waals surface area (Å²) in [5.41, 5.74) is 0.405. The van der Waals surface area contributed by atoms with E-state index in [0.717, 1.165) is 30.6 Å². The lowest BCUT2D eigenvalue weighted by Crippen LogP contribution is -2.37. The molecule has 106 valence electrons. The Kier molecular flexibility index (Phi) is 3.91. The van der Waals surface area contributed by atoms with Gasteiger partial charge >= 0.3 is 0 Å². The Balaban J connectivity index is 2.34. The predicted molar refractivity (Wildman–Crippen MR) is 78.4 cm³/mol. The van der Waals surface area contributed by atoms with Gasteiger partial charge in [0.2, 0.25) is 0 Å². The third kappa shape index (κ3) is 3.30. The fourth-order valence-electron chi connectivity index (χ4n) is 3.27. The van der Waals surface area contributed by atoms with Crippen molar-refractivity contribution in [3.63, 3.8) is 0 Å². The molecule has 1 N–H and O–H groups in total. The number of hydrogen-bond acceptors (Lipinski definition) is 2. The molecule has 1 fully saturated rings. The van der Waals surface area contributed by atoms with Gasteiger partial charge in [0.1, 0.15) is 5.75 Å². The molecule has 0 radical (unpaired) electrons. The molecule has 1 aromatic carbocycles. The fraction of sp³-hybridized carbons (Fsp3) is 0.647. The van der Waals surface area contributed by atoms with Crippen molar-refractivity contribution in [2.24, 2.45) is 5.41 Å². The average Bonchev–Trinajstić information content (AvgIpc) is 2.26. The minimum absolute atomic E-state index is 0.126. The molecule has 1 atom stereocenters. The van der Waals surface area contributed by atoms with Gasteiger partial charge in [-0.05, 0) is 51.0 Å². The van der Waals surface area contributed by atoms with E-state index >= 15 is 0 Å². The van der Waals surface area contributed by atoms with E-state index in [1.165, 1.54) is 6.42 Å². The third-order valence-electron chi connectivity index (χ3n) is 3.97. The van der Waals surface area contributed by atoms with Crippen molar-refractivity contribution in [1.29, 1.82) is 0 Å². The van der Waals surface area contributed by atoms with Gasteiger partial charge in [-0.3, -0.25) is 0 Å². The van der Waals surface area contributed by atoms with Crippen molar-refractivity contribution in [1.82, 2.24) is 0 Å². The summed E-state index contributed by atoms with van der Waals surface area (Å²) in [5, 5.41) is 11.1. The third-order valence-corrected chi connectivity index (χ3v) is 3.97. The summed E-state index contributed by atoms with van der Waals surface area (Å²) < 4.78 is 5.87. The van der Waals surface area contributed by atoms with Crippen molar-refractivity contribution < 1.29 is 9.84 Å². The van der Waals surface area contributed by atoms with Crippen LogP contribution in [0.3, 0.4) is 0 Å². The summed E-state index contributed by atoms with van der Waals surface area (Å²) in [5.74, 6) is 0.831. The highest BCUT2D eigenvalue weighted by Crippen LogP contribution is 2.48. The summed E-state index contributed by atoms with van der Waals surface area (Å²) in [4.78, 5) is 0. The zero-order valence-electron chi connectivity index (χ0n) is 12.6. The molecule has 1 aliphatic rings. The minimum Gasteiger partial charge on any atom is -0.491 e. The predicted octanol–water partition coefficient (Wildman–Crippen LogP) is 4.26. The molecular formula is C17H26O2. The molecule has 2 heteroatoms. The van der Waals surface area contributed by atoms with Crippen LogP contribution in [0.5, 0.6) is 5.75 Å². The molecule has 2 rings (SSSR count). The molecule has 1 saturated carbocycles. The Labute approximate surface area is 116 Å². The molecule has 0 aromatic heterocycles. The molecule has 0 heterocycles. The van der Waals surface area contributed by atoms with Gasteiger partial charge in [0.15, 0.2) is 0 Å². The number of aliphatic hydroxyl groups is 1. The van der Waals surface area contributed by atoms with Crippen molar-refractivity contribution in [3.8, 4) is 5.75 Å². The van der Waals surface area contributed by atoms with Crippen LogP contribution in [0.1, 0.15) is 58.9 Å². The summed E-state index contributed by atoms with van der Waals surface area (Å²) in [6, 6.07) is 7.94. The van der Waals surface area contributed by atoms with Crippen LogP contribution in [0.15, 0.2) is 24.3 Å². The van der Waals surface area contributed by atoms with E-state index in [1.807, 2.05) is 38.1 Å². The number of benzene rings is 1. The largest absolute Gasteiger partial charge is 0.491 e. The molecule has 0 amide bonds. The number of para-hydroxylation sites is 1. The van der Waals surface area contributed by atoms with Gasteiger partial charge in [-0.1, -0.05) is 32.0 Å². The molecule has 0 aliphatic heterocycles. The van der Waals surface area contributed by atoms with Crippen LogP contribution in [0.2, 0.25) is 0 Å². The molecule has 19 heavy (non-hydrogen) atoms. The minimum atomic E-state index is -0.743. The quantitative estimate of drug-likeness (QED) is 0.882. The molecule has 1 aliphatic carbocycles. The standard InChI is InChI=1S/C17H26O2/c1-13(2)19-15-9-6-5-8-14(15)17(18)11-7-10-16(3,4)12-17/h5-6,8-9,13,18H,7,10-12H2,1-4H3. The lowest BCUT2D eigenvalue weighted by atomic mass is 9.67. The van der Waals surface area contributed by atoms with E-state index in [-0.39, 0.29) is 11.5 Å². The molecule has 0 saturated heterocycles. The highest BCUT2D eigenvalue weighted by atomic mass is 16.5. The second-order valence-electron chi connectivity index (χ2n) is 6.89. The summed E-state index contributed by atoms with van der Waals surface area (Å²) >= 11 is 0. The van der Waals surface area contributed by atoms with Gasteiger partial charge in [0.25, 0.3) is 0 Å². The molecule has 0 spiro atoms. The van der Waals surface area contributed by atoms with Crippen molar-refractivity contribution in [3.05, 3.63) is 29.8 Å². The Morgan fingerprint density at radius 1 is 1.16 bits per heavy atom. The lowest BCUT2D eigenvalue weighted by molar-refractivity contribution is -0.0461. The first-order valence-electron chi connectivity index (χ1n) is 7.31. The zero-order chi connectivity index (χ0) is 14.1. The van der Waals surface area contributed by atoms with E-state index in [4.69, 9.17) is 4.74 Å². The topological polar surface area (TPSA) is 29.5 Å². The molecule has 2 nitrogen and oxygen atoms in total. The number of rotatable bonds is 3. The lowest BCUT2D eigenvalue weighted by Gasteiger charge is -2.42. The van der Waals surface area contributed by atoms with Gasteiger partial charge in [0.05, 0.1) is 11.7 Å². The van der Waals surface area contributed by atoms with Crippen LogP contribution < -0.4 is 4.74 Å². The van der Waals surface area contributed by atoms with E-state index in [1.54, 1.807) is 0 Å². The van der Waals surface area contributed by atoms with Crippen LogP contribution in [0, 0.1) is 5.41 Å². The van der Waals surface area contributed by atoms with Crippen LogP contribution in [0.25, 0.3) is 0 Å². The van der Waals surface area contributed by atoms with Crippen LogP contribution in [-0.2, 0) is 5.60 Å². The van der Waals surface area contributed by atoms with Crippen LogP contribution in [-0.4, -0.2) is 11.2 Å². The highest BCUT2D eigenvalue weighted by Gasteiger charge is 2.41. The maximum absolute atomic E-state index is 11.1. The highest BCUT2D eigenvalue weighted by molar-refractivity contribution is 5.38. The SMILES string of the molecule is CC(C)Oc1ccccc1C1(O)CCCC(C)(C)C1. The number of hydrogen-bond donors (Lipinski definition) is 1. The summed E-state index contributed by atoms with van der Waals surface area (Å²) in [6.45, 7) is 8.52. The van der Waals surface area contributed by atoms with Gasteiger partial charge < -0.3 is 9.84 Å². The Hall–Kier alpha value is -1.02. The van der Waals surface area contributed by atoms with Crippen LogP contribution in [0.4, 0.5) is 0 Å². The molecular weight excluding hydrogens is 236 g/mol. The Morgan fingerprint density at radius 3 is 2.47 bits per heavy atom. The Bertz CT molecular complexity index is 437. The van der Waals surface area contributed by atoms with Gasteiger partial charge in [-0.15, -0.1) is 0 Å². The zero-order valence-corrected chi connectivity index (χ0v) is 12.6.